The molecule has 0 saturated heterocycles. The Labute approximate surface area is 190 Å². The van der Waals surface area contributed by atoms with Gasteiger partial charge in [0, 0.05) is 29.7 Å². The topological polar surface area (TPSA) is 107 Å². The number of benzene rings is 1. The molecule has 0 aliphatic carbocycles. The maximum Gasteiger partial charge on any atom is 0.511 e. The first kappa shape index (κ1) is 25.9. The quantitative estimate of drug-likeness (QED) is 0.285. The van der Waals surface area contributed by atoms with Gasteiger partial charge in [-0.2, -0.15) is 13.2 Å². The minimum atomic E-state index is -4.88. The number of likely N-dealkylation sites (N-methyl/N-ethyl adjacent to an activating group) is 1. The maximum absolute atomic E-state index is 13.5. The van der Waals surface area contributed by atoms with Crippen molar-refractivity contribution in [1.29, 1.82) is 0 Å². The van der Waals surface area contributed by atoms with Crippen LogP contribution in [0.1, 0.15) is 11.1 Å². The fraction of sp³-hybridized carbons (Fsp3) is 0.474. The molecule has 13 heteroatoms. The van der Waals surface area contributed by atoms with Crippen LogP contribution in [0, 0.1) is 6.92 Å². The number of alkyl halides is 3. The number of fused-ring (bicyclic) bond motifs is 1. The Hall–Kier alpha value is -2.35. The molecule has 0 spiro atoms. The molecule has 1 aromatic carbocycles. The largest absolute Gasteiger partial charge is 0.511 e. The van der Waals surface area contributed by atoms with Gasteiger partial charge in [0.1, 0.15) is 12.4 Å². The van der Waals surface area contributed by atoms with Gasteiger partial charge in [0.15, 0.2) is 0 Å². The molecule has 0 radical (unpaired) electrons. The molecule has 0 fully saturated rings. The number of halogens is 4. The van der Waals surface area contributed by atoms with E-state index in [9.17, 15) is 22.8 Å². The zero-order valence-electron chi connectivity index (χ0n) is 17.2. The summed E-state index contributed by atoms with van der Waals surface area (Å²) in [6, 6.07) is 3.09. The molecule has 1 aromatic rings. The molecule has 1 aliphatic rings. The van der Waals surface area contributed by atoms with Gasteiger partial charge in [-0.25, -0.2) is 15.1 Å². The van der Waals surface area contributed by atoms with Crippen LogP contribution in [0.15, 0.2) is 22.2 Å². The molecule has 178 valence electrons. The average molecular weight is 527 g/mol. The highest BCUT2D eigenvalue weighted by Crippen LogP contribution is 2.40. The Balaban J connectivity index is 1.94. The van der Waals surface area contributed by atoms with Crippen LogP contribution >= 0.6 is 15.9 Å². The second-order valence-corrected chi connectivity index (χ2v) is 7.70. The fourth-order valence-electron chi connectivity index (χ4n) is 2.75. The molecule has 9 nitrogen and oxygen atoms in total. The highest BCUT2D eigenvalue weighted by Gasteiger charge is 2.49. The van der Waals surface area contributed by atoms with Gasteiger partial charge in [0.05, 0.1) is 5.57 Å². The van der Waals surface area contributed by atoms with Gasteiger partial charge in [0.2, 0.25) is 12.9 Å². The Bertz CT molecular complexity index is 864. The highest BCUT2D eigenvalue weighted by atomic mass is 79.9. The lowest BCUT2D eigenvalue weighted by atomic mass is 9.99. The van der Waals surface area contributed by atoms with Crippen molar-refractivity contribution in [3.05, 3.63) is 33.3 Å². The molecule has 1 atom stereocenters. The first-order valence-electron chi connectivity index (χ1n) is 9.30. The summed E-state index contributed by atoms with van der Waals surface area (Å²) in [4.78, 5) is 25.6. The average Bonchev–Trinajstić information content (AvgIpc) is 2.70. The Morgan fingerprint density at radius 1 is 1.25 bits per heavy atom. The molecule has 0 bridgehead atoms. The van der Waals surface area contributed by atoms with Crippen LogP contribution in [0.5, 0.6) is 5.75 Å². The molecule has 2 N–H and O–H groups in total. The van der Waals surface area contributed by atoms with Crippen LogP contribution < -0.4 is 10.2 Å². The normalized spacial score (nSPS) is 15.5. The predicted octanol–water partition coefficient (Wildman–Crippen LogP) is 3.03. The van der Waals surface area contributed by atoms with E-state index in [1.165, 1.54) is 6.07 Å². The molecule has 1 aliphatic heterocycles. The summed E-state index contributed by atoms with van der Waals surface area (Å²) in [6.07, 6.45) is -7.53. The number of carbonyl (C=O) groups excluding carboxylic acids is 2. The maximum atomic E-state index is 13.5. The lowest BCUT2D eigenvalue weighted by Crippen LogP contribution is -2.41. The van der Waals surface area contributed by atoms with E-state index >= 15 is 0 Å². The lowest BCUT2D eigenvalue weighted by Gasteiger charge is -2.28. The van der Waals surface area contributed by atoms with Gasteiger partial charge in [0.25, 0.3) is 0 Å². The van der Waals surface area contributed by atoms with E-state index in [-0.39, 0.29) is 17.9 Å². The third-order valence-corrected chi connectivity index (χ3v) is 4.75. The zero-order valence-corrected chi connectivity index (χ0v) is 18.8. The number of aryl methyl sites for hydroxylation is 1. The number of ether oxygens (including phenoxy) is 4. The summed E-state index contributed by atoms with van der Waals surface area (Å²) in [6.45, 7) is 1.74. The van der Waals surface area contributed by atoms with Gasteiger partial charge in [-0.15, -0.1) is 0 Å². The third-order valence-electron chi connectivity index (χ3n) is 4.30. The van der Waals surface area contributed by atoms with Gasteiger partial charge in [-0.3, -0.25) is 0 Å². The molecule has 2 rings (SSSR count). The van der Waals surface area contributed by atoms with Crippen molar-refractivity contribution in [2.45, 2.75) is 19.2 Å². The number of nitrogens with zero attached hydrogens (tertiary/aromatic N) is 1. The van der Waals surface area contributed by atoms with E-state index in [1.807, 2.05) is 5.48 Å². The first-order chi connectivity index (χ1) is 15.0. The van der Waals surface area contributed by atoms with Crippen molar-refractivity contribution in [2.24, 2.45) is 0 Å². The fourth-order valence-corrected chi connectivity index (χ4v) is 3.34. The van der Waals surface area contributed by atoms with Crippen molar-refractivity contribution >= 4 is 34.1 Å². The minimum absolute atomic E-state index is 0.00615. The first-order valence-corrected chi connectivity index (χ1v) is 10.1. The number of hydrogen-bond donors (Lipinski definition) is 2. The standard InChI is InChI=1S/C19H22BrF3N2O7/c1-11-7-13(20)8-12-9-14(16(19(21,22)23)32-15(11)12)17(26)30-10-31-18(27)29-6-5-25(2)4-3-24-28/h7-9,16,24,28H,3-6,10H2,1-2H3. The van der Waals surface area contributed by atoms with E-state index in [0.29, 0.717) is 29.7 Å². The van der Waals surface area contributed by atoms with Crippen LogP contribution in [0.3, 0.4) is 0 Å². The molecular weight excluding hydrogens is 505 g/mol. The Kier molecular flexibility index (Phi) is 9.31. The van der Waals surface area contributed by atoms with Gasteiger partial charge in [-0.05, 0) is 37.7 Å². The SMILES string of the molecule is Cc1cc(Br)cc2c1OC(C(F)(F)F)C(C(=O)OCOC(=O)OCCN(C)CCNO)=C2. The third kappa shape index (κ3) is 7.36. The van der Waals surface area contributed by atoms with Crippen molar-refractivity contribution in [1.82, 2.24) is 10.4 Å². The molecule has 32 heavy (non-hydrogen) atoms. The van der Waals surface area contributed by atoms with Gasteiger partial charge in [-0.1, -0.05) is 15.9 Å². The van der Waals surface area contributed by atoms with Gasteiger partial charge >= 0.3 is 18.3 Å². The molecule has 0 aromatic heterocycles. The summed E-state index contributed by atoms with van der Waals surface area (Å²) >= 11 is 3.24. The second kappa shape index (κ2) is 11.5. The van der Waals surface area contributed by atoms with Crippen molar-refractivity contribution in [3.63, 3.8) is 0 Å². The lowest BCUT2D eigenvalue weighted by molar-refractivity contribution is -0.189. The summed E-state index contributed by atoms with van der Waals surface area (Å²) < 4.78 is 60.1. The number of nitrogens with one attached hydrogen (secondary N) is 1. The molecule has 1 heterocycles. The zero-order chi connectivity index (χ0) is 23.9. The Morgan fingerprint density at radius 3 is 2.62 bits per heavy atom. The van der Waals surface area contributed by atoms with Crippen LogP contribution in [0.4, 0.5) is 18.0 Å². The van der Waals surface area contributed by atoms with E-state index in [0.717, 1.165) is 6.08 Å². The highest BCUT2D eigenvalue weighted by molar-refractivity contribution is 9.10. The smallest absolute Gasteiger partial charge is 0.475 e. The number of esters is 1. The summed E-state index contributed by atoms with van der Waals surface area (Å²) in [5.41, 5.74) is 1.92. The molecule has 0 amide bonds. The van der Waals surface area contributed by atoms with Gasteiger partial charge < -0.3 is 29.1 Å². The predicted molar refractivity (Wildman–Crippen MR) is 108 cm³/mol. The minimum Gasteiger partial charge on any atom is -0.475 e. The molecular formula is C19H22BrF3N2O7. The number of carbonyl (C=O) groups is 2. The summed E-state index contributed by atoms with van der Waals surface area (Å²) in [5.74, 6) is -1.34. The number of hydrogen-bond acceptors (Lipinski definition) is 9. The monoisotopic (exact) mass is 526 g/mol. The van der Waals surface area contributed by atoms with E-state index in [2.05, 4.69) is 25.4 Å². The number of hydroxylamine groups is 1. The van der Waals surface area contributed by atoms with Crippen molar-refractivity contribution in [2.75, 3.05) is 40.1 Å². The molecule has 0 saturated carbocycles. The van der Waals surface area contributed by atoms with Crippen molar-refractivity contribution in [3.8, 4) is 5.75 Å². The van der Waals surface area contributed by atoms with E-state index < -0.39 is 36.8 Å². The van der Waals surface area contributed by atoms with Crippen LogP contribution in [-0.4, -0.2) is 74.6 Å². The van der Waals surface area contributed by atoms with Crippen LogP contribution in [0.2, 0.25) is 0 Å². The summed E-state index contributed by atoms with van der Waals surface area (Å²) in [7, 11) is 1.73. The Morgan fingerprint density at radius 2 is 1.97 bits per heavy atom. The van der Waals surface area contributed by atoms with Crippen molar-refractivity contribution < 1.29 is 46.9 Å². The number of rotatable bonds is 9. The molecule has 1 unspecified atom stereocenters. The van der Waals surface area contributed by atoms with Crippen LogP contribution in [-0.2, 0) is 19.0 Å². The van der Waals surface area contributed by atoms with Crippen LogP contribution in [0.25, 0.3) is 6.08 Å². The van der Waals surface area contributed by atoms with E-state index in [4.69, 9.17) is 14.7 Å². The second-order valence-electron chi connectivity index (χ2n) is 6.78. The van der Waals surface area contributed by atoms with E-state index in [1.54, 1.807) is 24.9 Å². The summed E-state index contributed by atoms with van der Waals surface area (Å²) in [5, 5.41) is 8.50.